The van der Waals surface area contributed by atoms with Crippen molar-refractivity contribution in [1.82, 2.24) is 15.1 Å². The van der Waals surface area contributed by atoms with Gasteiger partial charge in [-0.05, 0) is 75.2 Å². The van der Waals surface area contributed by atoms with E-state index in [1.165, 1.54) is 47.5 Å². The quantitative estimate of drug-likeness (QED) is 0.248. The lowest BCUT2D eigenvalue weighted by Gasteiger charge is -2.26. The lowest BCUT2D eigenvalue weighted by Crippen LogP contribution is -2.41. The number of fused-ring (bicyclic) bond motifs is 1. The molecule has 0 aliphatic heterocycles. The zero-order chi connectivity index (χ0) is 28.9. The topological polar surface area (TPSA) is 124 Å². The summed E-state index contributed by atoms with van der Waals surface area (Å²) in [7, 11) is 0. The number of aromatic nitrogens is 3. The van der Waals surface area contributed by atoms with Crippen molar-refractivity contribution in [3.05, 3.63) is 90.1 Å². The molecule has 0 spiro atoms. The summed E-state index contributed by atoms with van der Waals surface area (Å²) in [4.78, 5) is 35.7. The van der Waals surface area contributed by atoms with Gasteiger partial charge in [0, 0.05) is 24.1 Å². The van der Waals surface area contributed by atoms with Crippen molar-refractivity contribution >= 4 is 34.1 Å². The number of nitrogens with zero attached hydrogens (tertiary/aromatic N) is 4. The molecule has 0 bridgehead atoms. The van der Waals surface area contributed by atoms with Crippen molar-refractivity contribution in [1.29, 1.82) is 0 Å². The highest BCUT2D eigenvalue weighted by molar-refractivity contribution is 6.16. The highest BCUT2D eigenvalue weighted by Gasteiger charge is 2.57. The van der Waals surface area contributed by atoms with E-state index in [4.69, 9.17) is 15.0 Å². The Morgan fingerprint density at radius 2 is 1.71 bits per heavy atom. The van der Waals surface area contributed by atoms with E-state index in [9.17, 15) is 14.0 Å². The first-order valence-electron chi connectivity index (χ1n) is 12.7. The Kier molecular flexibility index (Phi) is 6.21. The molecule has 0 saturated heterocycles. The summed E-state index contributed by atoms with van der Waals surface area (Å²) < 4.78 is 40.3. The van der Waals surface area contributed by atoms with Gasteiger partial charge < -0.3 is 15.0 Å². The Balaban J connectivity index is 1.34. The second-order valence-corrected chi connectivity index (χ2v) is 9.88. The summed E-state index contributed by atoms with van der Waals surface area (Å²) in [5.74, 6) is -1.81. The van der Waals surface area contributed by atoms with E-state index >= 15 is 4.39 Å². The molecule has 1 aliphatic carbocycles. The number of aryl methyl sites for hydroxylation is 2. The molecule has 11 heteroatoms. The first kappa shape index (κ1) is 26.1. The zero-order valence-electron chi connectivity index (χ0n) is 22.0. The van der Waals surface area contributed by atoms with Crippen LogP contribution in [0.3, 0.4) is 0 Å². The number of ether oxygens (including phenoxy) is 1. The van der Waals surface area contributed by atoms with Gasteiger partial charge in [0.25, 0.3) is 0 Å². The Morgan fingerprint density at radius 1 is 0.976 bits per heavy atom. The molecule has 2 aromatic carbocycles. The van der Waals surface area contributed by atoms with Crippen LogP contribution in [0, 0.1) is 30.9 Å². The Labute approximate surface area is 232 Å². The van der Waals surface area contributed by atoms with Gasteiger partial charge in [0.05, 0.1) is 33.5 Å². The maximum absolute atomic E-state index is 15.5. The number of hydrogen-bond acceptors (Lipinski definition) is 7. The van der Waals surface area contributed by atoms with Crippen LogP contribution in [-0.4, -0.2) is 26.9 Å². The highest BCUT2D eigenvalue weighted by Crippen LogP contribution is 2.49. The van der Waals surface area contributed by atoms with E-state index in [0.717, 1.165) is 11.6 Å². The van der Waals surface area contributed by atoms with Gasteiger partial charge in [0.15, 0.2) is 11.6 Å². The second kappa shape index (κ2) is 9.77. The zero-order valence-corrected chi connectivity index (χ0v) is 22.0. The van der Waals surface area contributed by atoms with E-state index in [-0.39, 0.29) is 30.0 Å². The predicted octanol–water partition coefficient (Wildman–Crippen LogP) is 5.90. The van der Waals surface area contributed by atoms with Crippen molar-refractivity contribution in [2.45, 2.75) is 26.7 Å². The molecule has 2 N–H and O–H groups in total. The maximum Gasteiger partial charge on any atom is 0.247 e. The van der Waals surface area contributed by atoms with Crippen molar-refractivity contribution in [3.63, 3.8) is 0 Å². The molecule has 41 heavy (non-hydrogen) atoms. The lowest BCUT2D eigenvalue weighted by atomic mass is 10.0. The van der Waals surface area contributed by atoms with Crippen LogP contribution in [0.15, 0.2) is 71.5 Å². The van der Waals surface area contributed by atoms with Gasteiger partial charge in [0.2, 0.25) is 11.8 Å². The van der Waals surface area contributed by atoms with E-state index in [2.05, 4.69) is 15.1 Å². The molecule has 3 aromatic heterocycles. The summed E-state index contributed by atoms with van der Waals surface area (Å²) >= 11 is 0. The minimum atomic E-state index is -1.38. The summed E-state index contributed by atoms with van der Waals surface area (Å²) in [6, 6.07) is 12.4. The average molecular weight is 556 g/mol. The number of amides is 2. The number of halogens is 2. The number of pyridine rings is 2. The third kappa shape index (κ3) is 4.54. The molecule has 0 radical (unpaired) electrons. The molecule has 206 valence electrons. The number of rotatable bonds is 7. The molecule has 1 aliphatic rings. The number of carbonyl (C=O) groups is 2. The fourth-order valence-electron chi connectivity index (χ4n) is 4.80. The van der Waals surface area contributed by atoms with Gasteiger partial charge in [0.1, 0.15) is 22.7 Å². The minimum Gasteiger partial charge on any atom is -0.453 e. The van der Waals surface area contributed by atoms with Crippen LogP contribution in [0.1, 0.15) is 24.3 Å². The fraction of sp³-hybridized carbons (Fsp3) is 0.167. The highest BCUT2D eigenvalue weighted by atomic mass is 19.1. The molecular weight excluding hydrogens is 532 g/mol. The van der Waals surface area contributed by atoms with E-state index in [0.29, 0.717) is 33.8 Å². The van der Waals surface area contributed by atoms with Gasteiger partial charge >= 0.3 is 0 Å². The van der Waals surface area contributed by atoms with Gasteiger partial charge in [-0.1, -0.05) is 5.16 Å². The molecule has 9 nitrogen and oxygen atoms in total. The molecule has 6 rings (SSSR count). The van der Waals surface area contributed by atoms with Crippen LogP contribution >= 0.6 is 0 Å². The van der Waals surface area contributed by atoms with E-state index in [1.807, 2.05) is 6.92 Å². The van der Waals surface area contributed by atoms with Crippen molar-refractivity contribution in [2.24, 2.45) is 11.1 Å². The number of carbonyl (C=O) groups excluding carboxylic acids is 2. The molecule has 5 aromatic rings. The standard InChI is InChI=1S/C30H23F2N5O4/c1-16-27(17(2)41-36-16)24-14-23-21(15-35-24)25(9-12-34-23)40-26-8-7-20(13-22(26)32)37(19-5-3-18(31)4-6-19)29(39)30(10-11-30)28(33)38/h3-9,12-15H,10-11H2,1-2H3,(H2,33,38). The predicted molar refractivity (Wildman–Crippen MR) is 145 cm³/mol. The molecule has 1 saturated carbocycles. The summed E-state index contributed by atoms with van der Waals surface area (Å²) in [6.45, 7) is 3.62. The SMILES string of the molecule is Cc1noc(C)c1-c1cc2nccc(Oc3ccc(N(C(=O)C4(C(N)=O)CC4)c4ccc(F)cc4)cc3F)c2cn1. The number of hydrogen-bond donors (Lipinski definition) is 1. The largest absolute Gasteiger partial charge is 0.453 e. The Bertz CT molecular complexity index is 1810. The van der Waals surface area contributed by atoms with E-state index in [1.54, 1.807) is 25.3 Å². The van der Waals surface area contributed by atoms with Crippen LogP contribution in [-0.2, 0) is 9.59 Å². The molecule has 0 atom stereocenters. The normalized spacial score (nSPS) is 13.7. The summed E-state index contributed by atoms with van der Waals surface area (Å²) in [5.41, 5.74) is 7.20. The number of anilines is 2. The maximum atomic E-state index is 15.5. The van der Waals surface area contributed by atoms with Crippen molar-refractivity contribution in [2.75, 3.05) is 4.90 Å². The second-order valence-electron chi connectivity index (χ2n) is 9.88. The molecule has 0 unspecified atom stereocenters. The fourth-order valence-corrected chi connectivity index (χ4v) is 4.80. The van der Waals surface area contributed by atoms with Crippen LogP contribution in [0.5, 0.6) is 11.5 Å². The lowest BCUT2D eigenvalue weighted by molar-refractivity contribution is -0.133. The van der Waals surface area contributed by atoms with Gasteiger partial charge in [-0.3, -0.25) is 24.5 Å². The molecule has 2 amide bonds. The molecule has 1 fully saturated rings. The third-order valence-corrected chi connectivity index (χ3v) is 7.19. The van der Waals surface area contributed by atoms with Crippen molar-refractivity contribution < 1.29 is 27.6 Å². The van der Waals surface area contributed by atoms with Crippen LogP contribution < -0.4 is 15.4 Å². The van der Waals surface area contributed by atoms with Gasteiger partial charge in [-0.2, -0.15) is 0 Å². The average Bonchev–Trinajstić information content (AvgIpc) is 3.71. The summed E-state index contributed by atoms with van der Waals surface area (Å²) in [5, 5.41) is 4.52. The first-order chi connectivity index (χ1) is 19.7. The van der Waals surface area contributed by atoms with Crippen LogP contribution in [0.4, 0.5) is 20.2 Å². The minimum absolute atomic E-state index is 0.112. The molecular formula is C30H23F2N5O4. The van der Waals surface area contributed by atoms with Crippen LogP contribution in [0.2, 0.25) is 0 Å². The summed E-state index contributed by atoms with van der Waals surface area (Å²) in [6.07, 6.45) is 3.68. The first-order valence-corrected chi connectivity index (χ1v) is 12.7. The monoisotopic (exact) mass is 555 g/mol. The van der Waals surface area contributed by atoms with Crippen LogP contribution in [0.25, 0.3) is 22.2 Å². The number of benzene rings is 2. The third-order valence-electron chi connectivity index (χ3n) is 7.19. The number of primary amides is 1. The van der Waals surface area contributed by atoms with Gasteiger partial charge in [-0.15, -0.1) is 0 Å². The molecule has 3 heterocycles. The Hall–Kier alpha value is -5.19. The Morgan fingerprint density at radius 3 is 2.34 bits per heavy atom. The smallest absolute Gasteiger partial charge is 0.247 e. The van der Waals surface area contributed by atoms with Gasteiger partial charge in [-0.25, -0.2) is 8.78 Å². The number of nitrogens with two attached hydrogens (primary N) is 1. The van der Waals surface area contributed by atoms with Crippen molar-refractivity contribution in [3.8, 4) is 22.8 Å². The van der Waals surface area contributed by atoms with E-state index < -0.39 is 28.9 Å².